The largest absolute Gasteiger partial charge is 0.356 e. The smallest absolute Gasteiger partial charge is 0.191 e. The lowest BCUT2D eigenvalue weighted by Gasteiger charge is -2.32. The summed E-state index contributed by atoms with van der Waals surface area (Å²) in [4.78, 5) is 6.42. The minimum atomic E-state index is -0.465. The van der Waals surface area contributed by atoms with Crippen molar-refractivity contribution in [2.24, 2.45) is 10.9 Å². The first kappa shape index (κ1) is 24.5. The molecule has 0 unspecified atom stereocenters. The molecule has 2 aromatic rings. The number of piperidine rings is 1. The third-order valence-electron chi connectivity index (χ3n) is 5.29. The lowest BCUT2D eigenvalue weighted by Crippen LogP contribution is -2.42. The Hall–Kier alpha value is -1.81. The van der Waals surface area contributed by atoms with Gasteiger partial charge in [-0.25, -0.2) is 13.2 Å². The first-order valence-electron chi connectivity index (χ1n) is 9.89. The van der Waals surface area contributed by atoms with E-state index < -0.39 is 11.6 Å². The highest BCUT2D eigenvalue weighted by molar-refractivity contribution is 14.0. The van der Waals surface area contributed by atoms with E-state index >= 15 is 0 Å². The van der Waals surface area contributed by atoms with Gasteiger partial charge < -0.3 is 10.6 Å². The first-order chi connectivity index (χ1) is 14.0. The van der Waals surface area contributed by atoms with Gasteiger partial charge in [0.25, 0.3) is 0 Å². The minimum absolute atomic E-state index is 0. The number of hydrogen-bond acceptors (Lipinski definition) is 2. The van der Waals surface area contributed by atoms with Crippen LogP contribution in [-0.2, 0) is 13.1 Å². The molecule has 2 aromatic carbocycles. The van der Waals surface area contributed by atoms with Gasteiger partial charge in [-0.1, -0.05) is 18.2 Å². The Balaban J connectivity index is 0.00000320. The van der Waals surface area contributed by atoms with Crippen LogP contribution >= 0.6 is 24.0 Å². The molecule has 1 aliphatic heterocycles. The molecule has 1 fully saturated rings. The number of nitrogens with zero attached hydrogens (tertiary/aromatic N) is 2. The number of guanidine groups is 1. The van der Waals surface area contributed by atoms with Crippen LogP contribution in [0.2, 0.25) is 0 Å². The molecule has 8 heteroatoms. The quantitative estimate of drug-likeness (QED) is 0.331. The van der Waals surface area contributed by atoms with E-state index in [0.717, 1.165) is 50.2 Å². The summed E-state index contributed by atoms with van der Waals surface area (Å²) in [5.41, 5.74) is 0.993. The molecule has 0 amide bonds. The monoisotopic (exact) mass is 532 g/mol. The summed E-state index contributed by atoms with van der Waals surface area (Å²) < 4.78 is 40.8. The Bertz CT molecular complexity index is 839. The van der Waals surface area contributed by atoms with Gasteiger partial charge in [-0.05, 0) is 56.1 Å². The lowest BCUT2D eigenvalue weighted by molar-refractivity contribution is 0.176. The van der Waals surface area contributed by atoms with Crippen molar-refractivity contribution in [1.29, 1.82) is 0 Å². The highest BCUT2D eigenvalue weighted by atomic mass is 127. The fraction of sp³-hybridized carbons (Fsp3) is 0.409. The molecule has 0 saturated carbocycles. The third kappa shape index (κ3) is 7.16. The van der Waals surface area contributed by atoms with Gasteiger partial charge in [0.15, 0.2) is 5.96 Å². The van der Waals surface area contributed by atoms with E-state index in [-0.39, 0.29) is 41.9 Å². The Labute approximate surface area is 193 Å². The molecular formula is C22H28F3IN4. The molecule has 30 heavy (non-hydrogen) atoms. The average molecular weight is 532 g/mol. The van der Waals surface area contributed by atoms with E-state index in [0.29, 0.717) is 18.4 Å². The Kier molecular flexibility index (Phi) is 9.90. The molecule has 3 rings (SSSR count). The molecule has 0 aliphatic carbocycles. The molecule has 1 aliphatic rings. The first-order valence-corrected chi connectivity index (χ1v) is 9.89. The predicted octanol–water partition coefficient (Wildman–Crippen LogP) is 4.30. The molecule has 1 saturated heterocycles. The van der Waals surface area contributed by atoms with Gasteiger partial charge in [-0.2, -0.15) is 0 Å². The van der Waals surface area contributed by atoms with Crippen molar-refractivity contribution >= 4 is 29.9 Å². The maximum absolute atomic E-state index is 13.8. The number of aliphatic imine (C=N–C) groups is 1. The van der Waals surface area contributed by atoms with Crippen LogP contribution < -0.4 is 10.6 Å². The van der Waals surface area contributed by atoms with Gasteiger partial charge in [0.1, 0.15) is 17.5 Å². The van der Waals surface area contributed by atoms with Crippen LogP contribution in [0, 0.1) is 23.4 Å². The van der Waals surface area contributed by atoms with E-state index in [1.165, 1.54) is 12.1 Å². The molecule has 0 aromatic heterocycles. The maximum Gasteiger partial charge on any atom is 0.191 e. The maximum atomic E-state index is 13.8. The van der Waals surface area contributed by atoms with Crippen LogP contribution in [0.3, 0.4) is 0 Å². The number of likely N-dealkylation sites (tertiary alicyclic amines) is 1. The van der Waals surface area contributed by atoms with Crippen molar-refractivity contribution in [2.75, 3.05) is 26.7 Å². The van der Waals surface area contributed by atoms with Crippen LogP contribution in [0.5, 0.6) is 0 Å². The van der Waals surface area contributed by atoms with Crippen LogP contribution in [0.25, 0.3) is 0 Å². The summed E-state index contributed by atoms with van der Waals surface area (Å²) in [6, 6.07) is 10.3. The van der Waals surface area contributed by atoms with Gasteiger partial charge in [-0.15, -0.1) is 24.0 Å². The Morgan fingerprint density at radius 1 is 1.00 bits per heavy atom. The van der Waals surface area contributed by atoms with E-state index in [4.69, 9.17) is 0 Å². The summed E-state index contributed by atoms with van der Waals surface area (Å²) in [6.45, 7) is 3.38. The molecule has 2 N–H and O–H groups in total. The van der Waals surface area contributed by atoms with Gasteiger partial charge in [-0.3, -0.25) is 9.89 Å². The van der Waals surface area contributed by atoms with Gasteiger partial charge in [0.05, 0.1) is 0 Å². The summed E-state index contributed by atoms with van der Waals surface area (Å²) in [6.07, 6.45) is 2.02. The average Bonchev–Trinajstić information content (AvgIpc) is 2.73. The predicted molar refractivity (Wildman–Crippen MR) is 124 cm³/mol. The fourth-order valence-corrected chi connectivity index (χ4v) is 3.54. The van der Waals surface area contributed by atoms with Crippen molar-refractivity contribution in [3.8, 4) is 0 Å². The second kappa shape index (κ2) is 12.1. The van der Waals surface area contributed by atoms with Crippen molar-refractivity contribution in [3.63, 3.8) is 0 Å². The van der Waals surface area contributed by atoms with Gasteiger partial charge in [0, 0.05) is 37.8 Å². The van der Waals surface area contributed by atoms with Crippen LogP contribution in [0.4, 0.5) is 13.2 Å². The number of rotatable bonds is 6. The number of hydrogen-bond donors (Lipinski definition) is 2. The van der Waals surface area contributed by atoms with Gasteiger partial charge in [0.2, 0.25) is 0 Å². The number of halogens is 4. The van der Waals surface area contributed by atoms with E-state index in [1.807, 2.05) is 12.1 Å². The third-order valence-corrected chi connectivity index (χ3v) is 5.29. The molecule has 164 valence electrons. The van der Waals surface area contributed by atoms with Crippen molar-refractivity contribution in [1.82, 2.24) is 15.5 Å². The zero-order valence-corrected chi connectivity index (χ0v) is 19.3. The zero-order chi connectivity index (χ0) is 20.6. The standard InChI is InChI=1S/C22H27F3N4.HI/c1-26-22(28-14-18-12-19(23)6-7-21(18)25)27-13-16-8-10-29(11-9-16)15-17-4-2-3-5-20(17)24;/h2-7,12,16H,8-11,13-15H2,1H3,(H2,26,27,28);1H. The summed E-state index contributed by atoms with van der Waals surface area (Å²) >= 11 is 0. The Morgan fingerprint density at radius 3 is 2.40 bits per heavy atom. The van der Waals surface area contributed by atoms with Crippen LogP contribution in [0.1, 0.15) is 24.0 Å². The second-order valence-corrected chi connectivity index (χ2v) is 7.35. The molecule has 0 radical (unpaired) electrons. The van der Waals surface area contributed by atoms with E-state index in [1.54, 1.807) is 13.1 Å². The van der Waals surface area contributed by atoms with Crippen molar-refractivity contribution in [3.05, 3.63) is 71.0 Å². The van der Waals surface area contributed by atoms with E-state index in [2.05, 4.69) is 20.5 Å². The minimum Gasteiger partial charge on any atom is -0.356 e. The number of nitrogens with one attached hydrogen (secondary N) is 2. The second-order valence-electron chi connectivity index (χ2n) is 7.35. The van der Waals surface area contributed by atoms with Crippen molar-refractivity contribution < 1.29 is 13.2 Å². The highest BCUT2D eigenvalue weighted by Crippen LogP contribution is 2.19. The van der Waals surface area contributed by atoms with Crippen LogP contribution in [0.15, 0.2) is 47.5 Å². The molecule has 0 atom stereocenters. The topological polar surface area (TPSA) is 39.7 Å². The fourth-order valence-electron chi connectivity index (χ4n) is 3.54. The molecule has 0 bridgehead atoms. The van der Waals surface area contributed by atoms with Crippen molar-refractivity contribution in [2.45, 2.75) is 25.9 Å². The summed E-state index contributed by atoms with van der Waals surface area (Å²) in [5.74, 6) is -0.0236. The molecule has 4 nitrogen and oxygen atoms in total. The zero-order valence-electron chi connectivity index (χ0n) is 17.0. The number of benzene rings is 2. The molecule has 0 spiro atoms. The molecule has 1 heterocycles. The SMILES string of the molecule is CN=C(NCc1cc(F)ccc1F)NCC1CCN(Cc2ccccc2F)CC1.I. The Morgan fingerprint density at radius 2 is 1.70 bits per heavy atom. The normalized spacial score (nSPS) is 15.5. The molecular weight excluding hydrogens is 504 g/mol. The summed E-state index contributed by atoms with van der Waals surface area (Å²) in [5, 5.41) is 6.28. The van der Waals surface area contributed by atoms with E-state index in [9.17, 15) is 13.2 Å². The van der Waals surface area contributed by atoms with Gasteiger partial charge >= 0.3 is 0 Å². The van der Waals surface area contributed by atoms with Crippen LogP contribution in [-0.4, -0.2) is 37.5 Å². The summed E-state index contributed by atoms with van der Waals surface area (Å²) in [7, 11) is 1.65. The lowest BCUT2D eigenvalue weighted by atomic mass is 9.96. The highest BCUT2D eigenvalue weighted by Gasteiger charge is 2.20.